The summed E-state index contributed by atoms with van der Waals surface area (Å²) in [7, 11) is 0. The Labute approximate surface area is 121 Å². The summed E-state index contributed by atoms with van der Waals surface area (Å²) in [6.45, 7) is 2.24. The number of unbranched alkanes of at least 4 members (excludes halogenated alkanes) is 4. The molecule has 0 spiro atoms. The van der Waals surface area contributed by atoms with Gasteiger partial charge in [-0.25, -0.2) is 0 Å². The zero-order valence-electron chi connectivity index (χ0n) is 10.4. The summed E-state index contributed by atoms with van der Waals surface area (Å²) >= 11 is 7.03. The van der Waals surface area contributed by atoms with Crippen molar-refractivity contribution in [2.45, 2.75) is 51.5 Å². The van der Waals surface area contributed by atoms with Crippen LogP contribution in [0.25, 0.3) is 0 Å². The first kappa shape index (κ1) is 15.2. The summed E-state index contributed by atoms with van der Waals surface area (Å²) < 4.78 is 2.19. The van der Waals surface area contributed by atoms with E-state index in [0.29, 0.717) is 0 Å². The number of benzene rings is 1. The maximum absolute atomic E-state index is 6.22. The van der Waals surface area contributed by atoms with Crippen LogP contribution in [0.3, 0.4) is 0 Å². The third-order valence-corrected chi connectivity index (χ3v) is 4.16. The van der Waals surface area contributed by atoms with Gasteiger partial charge in [0, 0.05) is 15.0 Å². The molecule has 1 unspecified atom stereocenters. The van der Waals surface area contributed by atoms with Crippen LogP contribution in [0.1, 0.15) is 57.1 Å². The highest BCUT2D eigenvalue weighted by atomic mass is 79.9. The third-order valence-electron chi connectivity index (χ3n) is 2.98. The van der Waals surface area contributed by atoms with Crippen molar-refractivity contribution in [1.29, 1.82) is 0 Å². The minimum absolute atomic E-state index is 0.152. The van der Waals surface area contributed by atoms with Gasteiger partial charge in [-0.15, -0.1) is 0 Å². The Balaban J connectivity index is 2.38. The van der Waals surface area contributed by atoms with Gasteiger partial charge in [0.15, 0.2) is 0 Å². The average molecular weight is 363 g/mol. The smallest absolute Gasteiger partial charge is 0.0306 e. The van der Waals surface area contributed by atoms with Gasteiger partial charge < -0.3 is 5.73 Å². The Kier molecular flexibility index (Phi) is 7.40. The van der Waals surface area contributed by atoms with Crippen molar-refractivity contribution in [3.63, 3.8) is 0 Å². The molecule has 0 aromatic heterocycles. The second-order valence-electron chi connectivity index (χ2n) is 4.48. The lowest BCUT2D eigenvalue weighted by molar-refractivity contribution is 0.554. The molecule has 0 heterocycles. The molecular formula is C14H21Br2N. The first-order valence-electron chi connectivity index (χ1n) is 6.35. The van der Waals surface area contributed by atoms with E-state index in [-0.39, 0.29) is 6.04 Å². The Morgan fingerprint density at radius 2 is 1.82 bits per heavy atom. The van der Waals surface area contributed by atoms with Crippen LogP contribution in [0.4, 0.5) is 0 Å². The SMILES string of the molecule is CCCCCCCC(N)c1ccc(Br)cc1Br. The molecule has 1 atom stereocenters. The summed E-state index contributed by atoms with van der Waals surface area (Å²) in [6, 6.07) is 6.37. The number of hydrogen-bond donors (Lipinski definition) is 1. The molecule has 1 nitrogen and oxygen atoms in total. The van der Waals surface area contributed by atoms with E-state index in [1.54, 1.807) is 0 Å². The molecular weight excluding hydrogens is 342 g/mol. The lowest BCUT2D eigenvalue weighted by atomic mass is 10.0. The number of hydrogen-bond acceptors (Lipinski definition) is 1. The van der Waals surface area contributed by atoms with E-state index < -0.39 is 0 Å². The minimum Gasteiger partial charge on any atom is -0.324 e. The van der Waals surface area contributed by atoms with Crippen molar-refractivity contribution in [2.75, 3.05) is 0 Å². The number of nitrogens with two attached hydrogens (primary N) is 1. The van der Waals surface area contributed by atoms with E-state index in [2.05, 4.69) is 57.0 Å². The van der Waals surface area contributed by atoms with Gasteiger partial charge in [-0.2, -0.15) is 0 Å². The van der Waals surface area contributed by atoms with Crippen LogP contribution in [-0.2, 0) is 0 Å². The molecule has 96 valence electrons. The van der Waals surface area contributed by atoms with Crippen LogP contribution in [0.2, 0.25) is 0 Å². The summed E-state index contributed by atoms with van der Waals surface area (Å²) in [5.41, 5.74) is 7.43. The van der Waals surface area contributed by atoms with E-state index in [4.69, 9.17) is 5.73 Å². The van der Waals surface area contributed by atoms with Crippen molar-refractivity contribution in [2.24, 2.45) is 5.73 Å². The molecule has 2 N–H and O–H groups in total. The number of halogens is 2. The maximum Gasteiger partial charge on any atom is 0.0306 e. The molecule has 0 aliphatic carbocycles. The van der Waals surface area contributed by atoms with Gasteiger partial charge in [-0.1, -0.05) is 77.0 Å². The van der Waals surface area contributed by atoms with Crippen molar-refractivity contribution in [1.82, 2.24) is 0 Å². The van der Waals surface area contributed by atoms with E-state index in [9.17, 15) is 0 Å². The fourth-order valence-corrected chi connectivity index (χ4v) is 3.27. The molecule has 0 fully saturated rings. The zero-order valence-corrected chi connectivity index (χ0v) is 13.6. The molecule has 0 saturated carbocycles. The molecule has 0 radical (unpaired) electrons. The first-order valence-corrected chi connectivity index (χ1v) is 7.94. The molecule has 1 aromatic carbocycles. The van der Waals surface area contributed by atoms with Gasteiger partial charge in [0.1, 0.15) is 0 Å². The fraction of sp³-hybridized carbons (Fsp3) is 0.571. The predicted octanol–water partition coefficient (Wildman–Crippen LogP) is 5.57. The van der Waals surface area contributed by atoms with Gasteiger partial charge >= 0.3 is 0 Å². The lowest BCUT2D eigenvalue weighted by Crippen LogP contribution is -2.10. The molecule has 0 saturated heterocycles. The van der Waals surface area contributed by atoms with E-state index >= 15 is 0 Å². The third kappa shape index (κ3) is 5.54. The van der Waals surface area contributed by atoms with Gasteiger partial charge in [-0.05, 0) is 24.1 Å². The molecule has 1 rings (SSSR count). The standard InChI is InChI=1S/C14H21Br2N/c1-2-3-4-5-6-7-14(17)12-9-8-11(15)10-13(12)16/h8-10,14H,2-7,17H2,1H3. The highest BCUT2D eigenvalue weighted by Crippen LogP contribution is 2.28. The Morgan fingerprint density at radius 3 is 2.47 bits per heavy atom. The first-order chi connectivity index (χ1) is 8.15. The van der Waals surface area contributed by atoms with E-state index in [0.717, 1.165) is 15.4 Å². The highest BCUT2D eigenvalue weighted by molar-refractivity contribution is 9.11. The molecule has 0 aliphatic rings. The predicted molar refractivity (Wildman–Crippen MR) is 82.1 cm³/mol. The minimum atomic E-state index is 0.152. The Morgan fingerprint density at radius 1 is 1.12 bits per heavy atom. The average Bonchev–Trinajstić information content (AvgIpc) is 2.28. The normalized spacial score (nSPS) is 12.7. The second kappa shape index (κ2) is 8.28. The van der Waals surface area contributed by atoms with Crippen LogP contribution in [0.5, 0.6) is 0 Å². The number of rotatable bonds is 7. The Hall–Kier alpha value is 0.140. The Bertz CT molecular complexity index is 339. The molecule has 3 heteroatoms. The molecule has 0 aliphatic heterocycles. The van der Waals surface area contributed by atoms with E-state index in [1.165, 1.54) is 37.7 Å². The van der Waals surface area contributed by atoms with Crippen molar-refractivity contribution >= 4 is 31.9 Å². The topological polar surface area (TPSA) is 26.0 Å². The molecule has 17 heavy (non-hydrogen) atoms. The van der Waals surface area contributed by atoms with E-state index in [1.807, 2.05) is 0 Å². The van der Waals surface area contributed by atoms with Crippen molar-refractivity contribution < 1.29 is 0 Å². The monoisotopic (exact) mass is 361 g/mol. The quantitative estimate of drug-likeness (QED) is 0.630. The maximum atomic E-state index is 6.22. The van der Waals surface area contributed by atoms with Crippen LogP contribution in [0.15, 0.2) is 27.1 Å². The molecule has 0 amide bonds. The van der Waals surface area contributed by atoms with Gasteiger partial charge in [-0.3, -0.25) is 0 Å². The summed E-state index contributed by atoms with van der Waals surface area (Å²) in [6.07, 6.45) is 7.58. The summed E-state index contributed by atoms with van der Waals surface area (Å²) in [5, 5.41) is 0. The van der Waals surface area contributed by atoms with Crippen LogP contribution >= 0.6 is 31.9 Å². The zero-order chi connectivity index (χ0) is 12.7. The van der Waals surface area contributed by atoms with Gasteiger partial charge in [0.2, 0.25) is 0 Å². The van der Waals surface area contributed by atoms with Crippen LogP contribution in [-0.4, -0.2) is 0 Å². The van der Waals surface area contributed by atoms with Crippen LogP contribution in [0, 0.1) is 0 Å². The van der Waals surface area contributed by atoms with Crippen LogP contribution < -0.4 is 5.73 Å². The molecule has 0 bridgehead atoms. The molecule has 1 aromatic rings. The van der Waals surface area contributed by atoms with Gasteiger partial charge in [0.05, 0.1) is 0 Å². The highest BCUT2D eigenvalue weighted by Gasteiger charge is 2.09. The second-order valence-corrected chi connectivity index (χ2v) is 6.25. The van der Waals surface area contributed by atoms with Crippen molar-refractivity contribution in [3.05, 3.63) is 32.7 Å². The van der Waals surface area contributed by atoms with Gasteiger partial charge in [0.25, 0.3) is 0 Å². The summed E-state index contributed by atoms with van der Waals surface area (Å²) in [4.78, 5) is 0. The largest absolute Gasteiger partial charge is 0.324 e. The summed E-state index contributed by atoms with van der Waals surface area (Å²) in [5.74, 6) is 0. The van der Waals surface area contributed by atoms with Crippen molar-refractivity contribution in [3.8, 4) is 0 Å². The fourth-order valence-electron chi connectivity index (χ4n) is 1.93. The lowest BCUT2D eigenvalue weighted by Gasteiger charge is -2.14.